The number of aromatic amines is 1. The molecule has 1 aliphatic rings. The second-order valence-corrected chi connectivity index (χ2v) is 10.4. The summed E-state index contributed by atoms with van der Waals surface area (Å²) in [6.07, 6.45) is 0.902. The number of esters is 1. The van der Waals surface area contributed by atoms with Crippen molar-refractivity contribution in [2.24, 2.45) is 0 Å². The van der Waals surface area contributed by atoms with Crippen molar-refractivity contribution in [3.05, 3.63) is 81.9 Å². The summed E-state index contributed by atoms with van der Waals surface area (Å²) in [4.78, 5) is 42.0. The molecule has 0 aliphatic carbocycles. The van der Waals surface area contributed by atoms with Gasteiger partial charge in [-0.3, -0.25) is 24.1 Å². The van der Waals surface area contributed by atoms with Crippen LogP contribution in [0.5, 0.6) is 5.75 Å². The molecule has 2 N–H and O–H groups in total. The van der Waals surface area contributed by atoms with E-state index in [-0.39, 0.29) is 19.1 Å². The number of aromatic nitrogens is 3. The highest BCUT2D eigenvalue weighted by Gasteiger charge is 2.38. The second kappa shape index (κ2) is 13.1. The molecule has 0 bridgehead atoms. The topological polar surface area (TPSA) is 134 Å². The third-order valence-corrected chi connectivity index (χ3v) is 7.03. The lowest BCUT2D eigenvalue weighted by atomic mass is 10.1. The largest absolute Gasteiger partial charge is 0.462 e. The van der Waals surface area contributed by atoms with Crippen LogP contribution >= 0.6 is 8.53 Å². The molecular formula is C26H30FN4O7P. The van der Waals surface area contributed by atoms with Gasteiger partial charge in [-0.2, -0.15) is 0 Å². The molecule has 4 rings (SSSR count). The smallest absolute Gasteiger partial charge is 0.330 e. The number of nitrogens with one attached hydrogen (secondary N) is 2. The van der Waals surface area contributed by atoms with Gasteiger partial charge in [0.05, 0.1) is 18.8 Å². The van der Waals surface area contributed by atoms with Gasteiger partial charge >= 0.3 is 20.2 Å². The first-order valence-corrected chi connectivity index (χ1v) is 13.6. The first-order chi connectivity index (χ1) is 18.7. The highest BCUT2D eigenvalue weighted by Crippen LogP contribution is 2.39. The molecule has 0 saturated carbocycles. The van der Waals surface area contributed by atoms with Crippen LogP contribution in [0.2, 0.25) is 0 Å². The van der Waals surface area contributed by atoms with Crippen molar-refractivity contribution in [3.8, 4) is 16.9 Å². The number of benzene rings is 1. The summed E-state index contributed by atoms with van der Waals surface area (Å²) in [6.45, 7) is 5.05. The van der Waals surface area contributed by atoms with Gasteiger partial charge in [0.15, 0.2) is 6.23 Å². The van der Waals surface area contributed by atoms with E-state index in [1.807, 2.05) is 24.3 Å². The summed E-state index contributed by atoms with van der Waals surface area (Å²) >= 11 is 0. The van der Waals surface area contributed by atoms with E-state index < -0.39 is 50.3 Å². The number of alkyl halides is 1. The third kappa shape index (κ3) is 7.79. The number of nitrogens with zero attached hydrogens (tertiary/aromatic N) is 2. The highest BCUT2D eigenvalue weighted by atomic mass is 31.2. The number of H-pyrrole nitrogens is 1. The van der Waals surface area contributed by atoms with Gasteiger partial charge in [-0.05, 0) is 50.1 Å². The third-order valence-electron chi connectivity index (χ3n) is 5.67. The van der Waals surface area contributed by atoms with Crippen molar-refractivity contribution >= 4 is 14.5 Å². The Morgan fingerprint density at radius 1 is 1.21 bits per heavy atom. The van der Waals surface area contributed by atoms with E-state index in [0.29, 0.717) is 5.75 Å². The summed E-state index contributed by atoms with van der Waals surface area (Å²) in [5.41, 5.74) is 0.536. The van der Waals surface area contributed by atoms with Gasteiger partial charge in [-0.1, -0.05) is 18.2 Å². The summed E-state index contributed by atoms with van der Waals surface area (Å²) < 4.78 is 38.7. The molecule has 0 radical (unpaired) electrons. The van der Waals surface area contributed by atoms with E-state index in [1.54, 1.807) is 45.3 Å². The lowest BCUT2D eigenvalue weighted by Crippen LogP contribution is -2.35. The molecule has 1 aromatic carbocycles. The summed E-state index contributed by atoms with van der Waals surface area (Å²) in [5, 5.41) is 3.00. The Bertz CT molecular complexity index is 1350. The van der Waals surface area contributed by atoms with Crippen molar-refractivity contribution < 1.29 is 27.7 Å². The van der Waals surface area contributed by atoms with E-state index in [2.05, 4.69) is 15.1 Å². The monoisotopic (exact) mass is 560 g/mol. The van der Waals surface area contributed by atoms with Gasteiger partial charge in [0.1, 0.15) is 18.0 Å². The molecule has 3 heterocycles. The molecule has 2 aromatic heterocycles. The van der Waals surface area contributed by atoms with Crippen LogP contribution in [0.3, 0.4) is 0 Å². The maximum Gasteiger partial charge on any atom is 0.330 e. The SMILES string of the molecule is CC(C)OC(=O)[C@H](C)NP(OCC1CC(F)C(n2ccc(=O)[nH]c2=O)O1)Oc1ccc(-c2cccnc2)cc1. The van der Waals surface area contributed by atoms with Gasteiger partial charge in [-0.15, -0.1) is 0 Å². The van der Waals surface area contributed by atoms with Crippen molar-refractivity contribution in [2.75, 3.05) is 6.61 Å². The summed E-state index contributed by atoms with van der Waals surface area (Å²) in [5.74, 6) is 0.00845. The molecule has 1 saturated heterocycles. The number of hydrogen-bond donors (Lipinski definition) is 2. The summed E-state index contributed by atoms with van der Waals surface area (Å²) in [7, 11) is -1.89. The molecule has 1 aliphatic heterocycles. The van der Waals surface area contributed by atoms with Crippen LogP contribution in [-0.2, 0) is 18.8 Å². The number of ether oxygens (including phenoxy) is 2. The summed E-state index contributed by atoms with van der Waals surface area (Å²) in [6, 6.07) is 11.4. The number of hydrogen-bond acceptors (Lipinski definition) is 9. The minimum atomic E-state index is -1.89. The quantitative estimate of drug-likeness (QED) is 0.267. The lowest BCUT2D eigenvalue weighted by Gasteiger charge is -2.23. The second-order valence-electron chi connectivity index (χ2n) is 9.16. The van der Waals surface area contributed by atoms with E-state index in [1.165, 1.54) is 6.20 Å². The van der Waals surface area contributed by atoms with E-state index in [0.717, 1.165) is 21.8 Å². The molecule has 1 fully saturated rings. The van der Waals surface area contributed by atoms with Crippen molar-refractivity contribution in [2.45, 2.75) is 57.8 Å². The molecule has 3 aromatic rings. The first kappa shape index (κ1) is 28.6. The maximum absolute atomic E-state index is 14.8. The van der Waals surface area contributed by atoms with Crippen LogP contribution in [0.4, 0.5) is 4.39 Å². The molecule has 13 heteroatoms. The maximum atomic E-state index is 14.8. The van der Waals surface area contributed by atoms with Crippen LogP contribution < -0.4 is 20.9 Å². The zero-order valence-electron chi connectivity index (χ0n) is 21.7. The van der Waals surface area contributed by atoms with E-state index in [4.69, 9.17) is 18.5 Å². The molecular weight excluding hydrogens is 530 g/mol. The minimum Gasteiger partial charge on any atom is -0.462 e. The lowest BCUT2D eigenvalue weighted by molar-refractivity contribution is -0.149. The van der Waals surface area contributed by atoms with Crippen LogP contribution in [0, 0.1) is 0 Å². The van der Waals surface area contributed by atoms with Gasteiger partial charge in [0.2, 0.25) is 0 Å². The Morgan fingerprint density at radius 3 is 2.64 bits per heavy atom. The molecule has 0 spiro atoms. The van der Waals surface area contributed by atoms with Gasteiger partial charge < -0.3 is 18.5 Å². The van der Waals surface area contributed by atoms with E-state index >= 15 is 0 Å². The Balaban J connectivity index is 1.43. The van der Waals surface area contributed by atoms with Crippen molar-refractivity contribution in [1.29, 1.82) is 0 Å². The average molecular weight is 561 g/mol. The zero-order valence-corrected chi connectivity index (χ0v) is 22.5. The fourth-order valence-corrected chi connectivity index (χ4v) is 5.02. The Labute approximate surface area is 225 Å². The number of carbonyl (C=O) groups is 1. The van der Waals surface area contributed by atoms with Crippen molar-refractivity contribution in [3.63, 3.8) is 0 Å². The number of pyridine rings is 1. The predicted octanol–water partition coefficient (Wildman–Crippen LogP) is 3.48. The standard InChI is InChI=1S/C26H30FN4O7P/c1-16(2)36-25(33)17(3)30-39(38-20-8-6-18(7-9-20)19-5-4-11-28-14-19)35-15-21-13-22(27)24(37-21)31-12-10-23(32)29-26(31)34/h4-12,14,16-17,21-22,24,30H,13,15H2,1-3H3,(H,29,32,34)/t17-,21?,22?,24?,39?/m0/s1. The zero-order chi connectivity index (χ0) is 27.9. The fraction of sp³-hybridized carbons (Fsp3) is 0.385. The average Bonchev–Trinajstić information content (AvgIpc) is 3.27. The predicted molar refractivity (Wildman–Crippen MR) is 142 cm³/mol. The van der Waals surface area contributed by atoms with E-state index in [9.17, 15) is 18.8 Å². The number of halogens is 1. The molecule has 208 valence electrons. The molecule has 4 unspecified atom stereocenters. The normalized spacial score (nSPS) is 20.5. The number of rotatable bonds is 11. The Kier molecular flexibility index (Phi) is 9.58. The Morgan fingerprint density at radius 2 is 1.97 bits per heavy atom. The van der Waals surface area contributed by atoms with Crippen LogP contribution in [0.25, 0.3) is 11.1 Å². The molecule has 11 nitrogen and oxygen atoms in total. The van der Waals surface area contributed by atoms with Crippen LogP contribution in [0.15, 0.2) is 70.6 Å². The minimum absolute atomic E-state index is 0.0375. The molecule has 5 atom stereocenters. The van der Waals surface area contributed by atoms with Gasteiger partial charge in [0.25, 0.3) is 5.56 Å². The molecule has 39 heavy (non-hydrogen) atoms. The van der Waals surface area contributed by atoms with Gasteiger partial charge in [-0.25, -0.2) is 14.3 Å². The first-order valence-electron chi connectivity index (χ1n) is 12.4. The Hall–Kier alpha value is -3.44. The fourth-order valence-electron chi connectivity index (χ4n) is 3.80. The van der Waals surface area contributed by atoms with Crippen LogP contribution in [-0.4, -0.2) is 51.5 Å². The highest BCUT2D eigenvalue weighted by molar-refractivity contribution is 7.45. The van der Waals surface area contributed by atoms with Gasteiger partial charge in [0, 0.05) is 31.1 Å². The number of carbonyl (C=O) groups excluding carboxylic acids is 1. The molecule has 0 amide bonds. The van der Waals surface area contributed by atoms with Crippen LogP contribution in [0.1, 0.15) is 33.4 Å². The van der Waals surface area contributed by atoms with Crippen molar-refractivity contribution in [1.82, 2.24) is 19.6 Å².